The number of hydrogen-bond acceptors (Lipinski definition) is 4. The minimum atomic E-state index is -0.275. The lowest BCUT2D eigenvalue weighted by atomic mass is 10.0. The van der Waals surface area contributed by atoms with Crippen molar-refractivity contribution in [2.75, 3.05) is 19.6 Å². The van der Waals surface area contributed by atoms with Crippen molar-refractivity contribution < 1.29 is 4.39 Å². The van der Waals surface area contributed by atoms with Gasteiger partial charge in [0.2, 0.25) is 0 Å². The Bertz CT molecular complexity index is 1480. The van der Waals surface area contributed by atoms with Crippen LogP contribution >= 0.6 is 0 Å². The van der Waals surface area contributed by atoms with E-state index < -0.39 is 0 Å². The van der Waals surface area contributed by atoms with Crippen LogP contribution in [0.15, 0.2) is 84.2 Å². The summed E-state index contributed by atoms with van der Waals surface area (Å²) in [6.45, 7) is 9.00. The first-order valence-corrected chi connectivity index (χ1v) is 12.7. The van der Waals surface area contributed by atoms with Crippen molar-refractivity contribution in [2.24, 2.45) is 4.99 Å². The first-order chi connectivity index (χ1) is 18.1. The average molecular weight is 495 g/mol. The number of halogens is 1. The second-order valence-corrected chi connectivity index (χ2v) is 9.18. The lowest BCUT2D eigenvalue weighted by Gasteiger charge is -2.26. The number of hydrogen-bond donors (Lipinski definition) is 2. The summed E-state index contributed by atoms with van der Waals surface area (Å²) >= 11 is 0. The van der Waals surface area contributed by atoms with Gasteiger partial charge in [0.05, 0.1) is 22.4 Å². The molecule has 0 bridgehead atoms. The highest BCUT2D eigenvalue weighted by molar-refractivity contribution is 5.97. The standard InChI is InChI=1S/C30H31FN6/c1-3-24(33-25(4-2)20-37-16-6-5-7-17-37)15-14-22-19-32-36-28(22)30-34-27-13-9-12-26(29(27)35-30)21-10-8-11-23(31)18-21/h3-4,8-15,18-19H,2,5-7,16-17,20H2,1H3,(H,32,36)(H,34,35)/b15-14+,24-3-,33-25+. The molecule has 1 aliphatic heterocycles. The number of para-hydroxylation sites is 1. The zero-order valence-corrected chi connectivity index (χ0v) is 21.0. The maximum absolute atomic E-state index is 13.9. The minimum Gasteiger partial charge on any atom is -0.337 e. The highest BCUT2D eigenvalue weighted by Crippen LogP contribution is 2.30. The number of likely N-dealkylation sites (tertiary alicyclic amines) is 1. The number of aromatic nitrogens is 4. The van der Waals surface area contributed by atoms with E-state index in [0.29, 0.717) is 11.5 Å². The summed E-state index contributed by atoms with van der Waals surface area (Å²) in [4.78, 5) is 15.5. The van der Waals surface area contributed by atoms with Gasteiger partial charge in [-0.25, -0.2) is 9.37 Å². The van der Waals surface area contributed by atoms with Crippen LogP contribution < -0.4 is 0 Å². The second kappa shape index (κ2) is 11.3. The molecule has 0 aliphatic carbocycles. The minimum absolute atomic E-state index is 0.275. The number of benzene rings is 2. The number of aliphatic imine (C=N–C) groups is 1. The van der Waals surface area contributed by atoms with E-state index >= 15 is 0 Å². The molecule has 2 aromatic carbocycles. The highest BCUT2D eigenvalue weighted by atomic mass is 19.1. The molecular weight excluding hydrogens is 463 g/mol. The zero-order valence-electron chi connectivity index (χ0n) is 21.0. The van der Waals surface area contributed by atoms with Gasteiger partial charge in [-0.05, 0) is 74.8 Å². The fourth-order valence-electron chi connectivity index (χ4n) is 4.68. The van der Waals surface area contributed by atoms with Crippen LogP contribution in [-0.4, -0.2) is 50.4 Å². The van der Waals surface area contributed by atoms with Gasteiger partial charge in [0.15, 0.2) is 5.82 Å². The van der Waals surface area contributed by atoms with Gasteiger partial charge in [-0.15, -0.1) is 0 Å². The van der Waals surface area contributed by atoms with E-state index in [4.69, 9.17) is 9.98 Å². The van der Waals surface area contributed by atoms with Crippen LogP contribution in [0.5, 0.6) is 0 Å². The lowest BCUT2D eigenvalue weighted by molar-refractivity contribution is 0.259. The van der Waals surface area contributed by atoms with Gasteiger partial charge >= 0.3 is 0 Å². The normalized spacial score (nSPS) is 15.6. The largest absolute Gasteiger partial charge is 0.337 e. The van der Waals surface area contributed by atoms with Crippen LogP contribution in [0.3, 0.4) is 0 Å². The molecule has 0 spiro atoms. The Morgan fingerprint density at radius 1 is 1.16 bits per heavy atom. The summed E-state index contributed by atoms with van der Waals surface area (Å²) in [5.41, 5.74) is 6.69. The van der Waals surface area contributed by atoms with E-state index in [-0.39, 0.29) is 5.82 Å². The van der Waals surface area contributed by atoms with Crippen LogP contribution in [0.2, 0.25) is 0 Å². The summed E-state index contributed by atoms with van der Waals surface area (Å²) < 4.78 is 13.9. The lowest BCUT2D eigenvalue weighted by Crippen LogP contribution is -2.33. The Balaban J connectivity index is 1.40. The van der Waals surface area contributed by atoms with Gasteiger partial charge in [0, 0.05) is 23.9 Å². The van der Waals surface area contributed by atoms with Crippen LogP contribution in [0.4, 0.5) is 4.39 Å². The number of H-pyrrole nitrogens is 2. The van der Waals surface area contributed by atoms with E-state index in [1.165, 1.54) is 31.4 Å². The molecule has 1 fully saturated rings. The number of nitrogens with zero attached hydrogens (tertiary/aromatic N) is 4. The molecule has 188 valence electrons. The smallest absolute Gasteiger partial charge is 0.159 e. The van der Waals surface area contributed by atoms with Gasteiger partial charge < -0.3 is 4.98 Å². The third-order valence-electron chi connectivity index (χ3n) is 6.61. The Hall–Kier alpha value is -4.10. The third-order valence-corrected chi connectivity index (χ3v) is 6.61. The van der Waals surface area contributed by atoms with Crippen LogP contribution in [0.1, 0.15) is 31.7 Å². The molecule has 2 aromatic heterocycles. The molecule has 0 unspecified atom stereocenters. The van der Waals surface area contributed by atoms with Crippen molar-refractivity contribution in [3.05, 3.63) is 90.5 Å². The molecule has 0 amide bonds. The Morgan fingerprint density at radius 2 is 2.00 bits per heavy atom. The van der Waals surface area contributed by atoms with Gasteiger partial charge in [-0.2, -0.15) is 5.10 Å². The number of allylic oxidation sites excluding steroid dienone is 2. The number of aromatic amines is 2. The molecule has 1 saturated heterocycles. The molecule has 2 N–H and O–H groups in total. The van der Waals surface area contributed by atoms with E-state index in [9.17, 15) is 4.39 Å². The van der Waals surface area contributed by atoms with Crippen molar-refractivity contribution in [1.29, 1.82) is 0 Å². The van der Waals surface area contributed by atoms with Crippen molar-refractivity contribution in [3.63, 3.8) is 0 Å². The summed E-state index contributed by atoms with van der Waals surface area (Å²) in [5, 5.41) is 7.40. The van der Waals surface area contributed by atoms with Crippen LogP contribution in [-0.2, 0) is 0 Å². The molecule has 3 heterocycles. The molecule has 0 saturated carbocycles. The molecule has 1 aliphatic rings. The van der Waals surface area contributed by atoms with Crippen molar-refractivity contribution in [1.82, 2.24) is 25.1 Å². The summed E-state index contributed by atoms with van der Waals surface area (Å²) in [6, 6.07) is 12.4. The van der Waals surface area contributed by atoms with Crippen LogP contribution in [0.25, 0.3) is 39.8 Å². The first kappa shape index (κ1) is 24.6. The van der Waals surface area contributed by atoms with Gasteiger partial charge in [-0.3, -0.25) is 15.0 Å². The molecule has 4 aromatic rings. The van der Waals surface area contributed by atoms with E-state index in [1.807, 2.05) is 61.7 Å². The molecule has 5 rings (SSSR count). The molecule has 7 heteroatoms. The number of imidazole rings is 1. The SMILES string of the molecule is C=C\C(CN1CCCCC1)=N/C(=C\C)/C=C/c1c[nH]nc1-c1nc2c(-c3cccc(F)c3)cccc2[nH]1. The fourth-order valence-corrected chi connectivity index (χ4v) is 4.68. The zero-order chi connectivity index (χ0) is 25.6. The Kier molecular flexibility index (Phi) is 7.51. The van der Waals surface area contributed by atoms with E-state index in [0.717, 1.165) is 58.8 Å². The van der Waals surface area contributed by atoms with Gasteiger partial charge in [-0.1, -0.05) is 43.3 Å². The number of piperidine rings is 1. The molecule has 0 radical (unpaired) electrons. The number of rotatable bonds is 8. The van der Waals surface area contributed by atoms with E-state index in [1.54, 1.807) is 6.07 Å². The maximum atomic E-state index is 13.9. The van der Waals surface area contributed by atoms with Gasteiger partial charge in [0.1, 0.15) is 11.5 Å². The highest BCUT2D eigenvalue weighted by Gasteiger charge is 2.15. The third kappa shape index (κ3) is 5.67. The first-order valence-electron chi connectivity index (χ1n) is 12.7. The summed E-state index contributed by atoms with van der Waals surface area (Å²) in [5.74, 6) is 0.366. The van der Waals surface area contributed by atoms with Crippen molar-refractivity contribution in [3.8, 4) is 22.6 Å². The van der Waals surface area contributed by atoms with Gasteiger partial charge in [0.25, 0.3) is 0 Å². The summed E-state index contributed by atoms with van der Waals surface area (Å²) in [7, 11) is 0. The predicted octanol–water partition coefficient (Wildman–Crippen LogP) is 6.79. The Labute approximate surface area is 216 Å². The number of nitrogens with one attached hydrogen (secondary N) is 2. The number of fused-ring (bicyclic) bond motifs is 1. The molecular formula is C30H31FN6. The fraction of sp³-hybridized carbons (Fsp3) is 0.233. The van der Waals surface area contributed by atoms with Crippen LogP contribution in [0, 0.1) is 5.82 Å². The van der Waals surface area contributed by atoms with Crippen molar-refractivity contribution >= 4 is 22.8 Å². The average Bonchev–Trinajstić information content (AvgIpc) is 3.57. The van der Waals surface area contributed by atoms with E-state index in [2.05, 4.69) is 26.7 Å². The molecule has 0 atom stereocenters. The predicted molar refractivity (Wildman–Crippen MR) is 150 cm³/mol. The topological polar surface area (TPSA) is 73.0 Å². The monoisotopic (exact) mass is 494 g/mol. The maximum Gasteiger partial charge on any atom is 0.159 e. The Morgan fingerprint density at radius 3 is 2.78 bits per heavy atom. The molecule has 37 heavy (non-hydrogen) atoms. The molecule has 6 nitrogen and oxygen atoms in total. The second-order valence-electron chi connectivity index (χ2n) is 9.18. The van der Waals surface area contributed by atoms with Crippen molar-refractivity contribution in [2.45, 2.75) is 26.2 Å². The quantitative estimate of drug-likeness (QED) is 0.209. The summed E-state index contributed by atoms with van der Waals surface area (Å²) in [6.07, 6.45) is 13.4.